The minimum absolute atomic E-state index is 0.919. The first-order valence-corrected chi connectivity index (χ1v) is 3.83. The molecule has 1 aromatic heterocycles. The summed E-state index contributed by atoms with van der Waals surface area (Å²) < 4.78 is 3.03. The summed E-state index contributed by atoms with van der Waals surface area (Å²) in [6.07, 6.45) is 0. The van der Waals surface area contributed by atoms with Crippen molar-refractivity contribution in [2.24, 2.45) is 0 Å². The lowest BCUT2D eigenvalue weighted by atomic mass is 10.3. The van der Waals surface area contributed by atoms with Gasteiger partial charge in [-0.25, -0.2) is 0 Å². The zero-order chi connectivity index (χ0) is 7.56. The molecule has 2 heteroatoms. The van der Waals surface area contributed by atoms with Crippen molar-refractivity contribution in [2.75, 3.05) is 0 Å². The molecule has 0 radical (unpaired) electrons. The molecule has 1 nitrogen and oxygen atoms in total. The van der Waals surface area contributed by atoms with Crippen molar-refractivity contribution in [3.63, 3.8) is 0 Å². The fourth-order valence-corrected chi connectivity index (χ4v) is 1.38. The Bertz CT molecular complexity index is 275. The first-order chi connectivity index (χ1) is 4.75. The van der Waals surface area contributed by atoms with Crippen molar-refractivity contribution in [1.82, 2.24) is 4.57 Å². The number of rotatable bonds is 1. The molecule has 0 atom stereocenters. The Balaban J connectivity index is 3.31. The van der Waals surface area contributed by atoms with E-state index in [-0.39, 0.29) is 0 Å². The van der Waals surface area contributed by atoms with E-state index in [1.807, 2.05) is 12.1 Å². The molecule has 0 N–H and O–H groups in total. The van der Waals surface area contributed by atoms with Crippen LogP contribution < -0.4 is 0 Å². The van der Waals surface area contributed by atoms with Crippen LogP contribution in [0, 0.1) is 11.6 Å². The Morgan fingerprint density at radius 2 is 2.20 bits per heavy atom. The molecule has 0 fully saturated rings. The fraction of sp³-hybridized carbons (Fsp3) is 0.375. The molecule has 0 saturated heterocycles. The maximum absolute atomic E-state index is 5.10. The summed E-state index contributed by atoms with van der Waals surface area (Å²) in [4.78, 5) is 0. The summed E-state index contributed by atoms with van der Waals surface area (Å²) in [7, 11) is 0. The van der Waals surface area contributed by atoms with Gasteiger partial charge in [-0.05, 0) is 26.0 Å². The molecule has 0 aromatic carbocycles. The second-order valence-electron chi connectivity index (χ2n) is 2.25. The number of aromatic nitrogens is 1. The standard InChI is InChI=1S/C8H11NS/c1-3-9-7(2)5-4-6-8(9)10/h4-6H,3H2,1-2H3. The minimum Gasteiger partial charge on any atom is -0.337 e. The van der Waals surface area contributed by atoms with Crippen molar-refractivity contribution >= 4 is 12.2 Å². The van der Waals surface area contributed by atoms with E-state index >= 15 is 0 Å². The highest BCUT2D eigenvalue weighted by Crippen LogP contribution is 1.99. The first-order valence-electron chi connectivity index (χ1n) is 3.42. The van der Waals surface area contributed by atoms with Gasteiger partial charge in [0.1, 0.15) is 4.64 Å². The smallest absolute Gasteiger partial charge is 0.106 e. The summed E-state index contributed by atoms with van der Waals surface area (Å²) in [5.74, 6) is 0. The van der Waals surface area contributed by atoms with E-state index in [1.54, 1.807) is 0 Å². The highest BCUT2D eigenvalue weighted by atomic mass is 32.1. The van der Waals surface area contributed by atoms with Crippen molar-refractivity contribution < 1.29 is 0 Å². The molecule has 0 bridgehead atoms. The Labute approximate surface area is 66.3 Å². The summed E-state index contributed by atoms with van der Waals surface area (Å²) >= 11 is 5.10. The summed E-state index contributed by atoms with van der Waals surface area (Å²) in [5.41, 5.74) is 1.23. The third kappa shape index (κ3) is 1.27. The molecule has 0 unspecified atom stereocenters. The highest BCUT2D eigenvalue weighted by Gasteiger charge is 1.90. The molecule has 1 aromatic rings. The van der Waals surface area contributed by atoms with Gasteiger partial charge in [0.25, 0.3) is 0 Å². The SMILES string of the molecule is CCn1c(C)cccc1=S. The average Bonchev–Trinajstić information content (AvgIpc) is 1.88. The lowest BCUT2D eigenvalue weighted by Crippen LogP contribution is -2.00. The zero-order valence-electron chi connectivity index (χ0n) is 6.29. The molecule has 0 aliphatic rings. The van der Waals surface area contributed by atoms with Gasteiger partial charge in [-0.15, -0.1) is 0 Å². The maximum Gasteiger partial charge on any atom is 0.106 e. The molecule has 54 valence electrons. The van der Waals surface area contributed by atoms with Crippen LogP contribution in [0.25, 0.3) is 0 Å². The quantitative estimate of drug-likeness (QED) is 0.561. The second kappa shape index (κ2) is 2.97. The summed E-state index contributed by atoms with van der Waals surface area (Å²) in [6, 6.07) is 6.01. The van der Waals surface area contributed by atoms with E-state index in [0.717, 1.165) is 11.2 Å². The number of pyridine rings is 1. The Morgan fingerprint density at radius 1 is 1.50 bits per heavy atom. The summed E-state index contributed by atoms with van der Waals surface area (Å²) in [5, 5.41) is 0. The number of aryl methyl sites for hydroxylation is 1. The topological polar surface area (TPSA) is 4.93 Å². The predicted octanol–water partition coefficient (Wildman–Crippen LogP) is 2.55. The molecule has 0 amide bonds. The van der Waals surface area contributed by atoms with Crippen LogP contribution in [0.3, 0.4) is 0 Å². The monoisotopic (exact) mass is 153 g/mol. The second-order valence-corrected chi connectivity index (χ2v) is 2.67. The van der Waals surface area contributed by atoms with Crippen LogP contribution in [0.15, 0.2) is 18.2 Å². The van der Waals surface area contributed by atoms with Gasteiger partial charge in [0.15, 0.2) is 0 Å². The Morgan fingerprint density at radius 3 is 2.60 bits per heavy atom. The lowest BCUT2D eigenvalue weighted by molar-refractivity contribution is 0.717. The largest absolute Gasteiger partial charge is 0.337 e. The molecule has 1 rings (SSSR count). The molecule has 0 saturated carbocycles. The van der Waals surface area contributed by atoms with Crippen LogP contribution in [0.2, 0.25) is 0 Å². The van der Waals surface area contributed by atoms with E-state index in [1.165, 1.54) is 5.69 Å². The molecule has 0 aliphatic carbocycles. The van der Waals surface area contributed by atoms with Gasteiger partial charge in [-0.3, -0.25) is 0 Å². The molecule has 0 aliphatic heterocycles. The van der Waals surface area contributed by atoms with Crippen molar-refractivity contribution in [2.45, 2.75) is 20.4 Å². The number of hydrogen-bond acceptors (Lipinski definition) is 1. The Kier molecular flexibility index (Phi) is 2.22. The zero-order valence-corrected chi connectivity index (χ0v) is 7.11. The van der Waals surface area contributed by atoms with Gasteiger partial charge in [0, 0.05) is 12.2 Å². The minimum atomic E-state index is 0.919. The van der Waals surface area contributed by atoms with Gasteiger partial charge in [0.05, 0.1) is 0 Å². The third-order valence-corrected chi connectivity index (χ3v) is 1.94. The molecular weight excluding hydrogens is 142 g/mol. The van der Waals surface area contributed by atoms with E-state index in [9.17, 15) is 0 Å². The third-order valence-electron chi connectivity index (χ3n) is 1.58. The van der Waals surface area contributed by atoms with Crippen LogP contribution >= 0.6 is 12.2 Å². The van der Waals surface area contributed by atoms with Crippen molar-refractivity contribution in [3.05, 3.63) is 28.5 Å². The van der Waals surface area contributed by atoms with Crippen LogP contribution in [0.4, 0.5) is 0 Å². The maximum atomic E-state index is 5.10. The van der Waals surface area contributed by atoms with E-state index in [2.05, 4.69) is 24.5 Å². The van der Waals surface area contributed by atoms with Gasteiger partial charge in [0.2, 0.25) is 0 Å². The molecule has 0 spiro atoms. The number of hydrogen-bond donors (Lipinski definition) is 0. The van der Waals surface area contributed by atoms with Gasteiger partial charge >= 0.3 is 0 Å². The highest BCUT2D eigenvalue weighted by molar-refractivity contribution is 7.71. The van der Waals surface area contributed by atoms with Crippen LogP contribution in [-0.4, -0.2) is 4.57 Å². The van der Waals surface area contributed by atoms with Gasteiger partial charge in [-0.1, -0.05) is 18.3 Å². The van der Waals surface area contributed by atoms with Gasteiger partial charge in [-0.2, -0.15) is 0 Å². The molecule has 10 heavy (non-hydrogen) atoms. The average molecular weight is 153 g/mol. The van der Waals surface area contributed by atoms with Crippen molar-refractivity contribution in [1.29, 1.82) is 0 Å². The predicted molar refractivity (Wildman–Crippen MR) is 45.7 cm³/mol. The Hall–Kier alpha value is -0.630. The fourth-order valence-electron chi connectivity index (χ4n) is 1.03. The van der Waals surface area contributed by atoms with Crippen LogP contribution in [0.1, 0.15) is 12.6 Å². The van der Waals surface area contributed by atoms with Crippen molar-refractivity contribution in [3.8, 4) is 0 Å². The molecule has 1 heterocycles. The van der Waals surface area contributed by atoms with Gasteiger partial charge < -0.3 is 4.57 Å². The summed E-state index contributed by atoms with van der Waals surface area (Å²) in [6.45, 7) is 5.13. The van der Waals surface area contributed by atoms with E-state index in [0.29, 0.717) is 0 Å². The van der Waals surface area contributed by atoms with Crippen LogP contribution in [-0.2, 0) is 6.54 Å². The number of nitrogens with zero attached hydrogens (tertiary/aromatic N) is 1. The van der Waals surface area contributed by atoms with Crippen LogP contribution in [0.5, 0.6) is 0 Å². The first kappa shape index (κ1) is 7.48. The normalized spacial score (nSPS) is 9.80. The molecular formula is C8H11NS. The van der Waals surface area contributed by atoms with E-state index in [4.69, 9.17) is 12.2 Å². The lowest BCUT2D eigenvalue weighted by Gasteiger charge is -2.05. The van der Waals surface area contributed by atoms with E-state index < -0.39 is 0 Å².